The quantitative estimate of drug-likeness (QED) is 0.767. The maximum atomic E-state index is 6.31. The average molecular weight is 236 g/mol. The maximum Gasteiger partial charge on any atom is 0.0659 e. The van der Waals surface area contributed by atoms with Gasteiger partial charge in [0.05, 0.1) is 5.54 Å². The molecule has 0 bridgehead atoms. The molecule has 0 saturated heterocycles. The van der Waals surface area contributed by atoms with Gasteiger partial charge in [-0.25, -0.2) is 0 Å². The van der Waals surface area contributed by atoms with Crippen LogP contribution in [0.25, 0.3) is 0 Å². The van der Waals surface area contributed by atoms with Gasteiger partial charge in [-0.05, 0) is 37.9 Å². The van der Waals surface area contributed by atoms with Crippen LogP contribution in [0.1, 0.15) is 31.2 Å². The predicted octanol–water partition coefficient (Wildman–Crippen LogP) is 3.88. The molecule has 0 aliphatic heterocycles. The minimum absolute atomic E-state index is 0.114. The van der Waals surface area contributed by atoms with Crippen LogP contribution in [0, 0.1) is 0 Å². The molecule has 16 heavy (non-hydrogen) atoms. The maximum absolute atomic E-state index is 6.31. The lowest BCUT2D eigenvalue weighted by Crippen LogP contribution is -2.43. The SMILES string of the molecule is C=C1CCCCC1(NC)c1ccccc1Cl. The molecule has 2 heteroatoms. The number of hydrogen-bond acceptors (Lipinski definition) is 1. The van der Waals surface area contributed by atoms with E-state index in [1.807, 2.05) is 25.2 Å². The third kappa shape index (κ3) is 1.79. The first-order valence-corrected chi connectivity index (χ1v) is 6.20. The van der Waals surface area contributed by atoms with Gasteiger partial charge in [-0.1, -0.05) is 48.4 Å². The summed E-state index contributed by atoms with van der Waals surface area (Å²) in [5, 5.41) is 4.27. The normalized spacial score (nSPS) is 25.8. The first kappa shape index (κ1) is 11.7. The van der Waals surface area contributed by atoms with Gasteiger partial charge in [-0.2, -0.15) is 0 Å². The highest BCUT2D eigenvalue weighted by atomic mass is 35.5. The summed E-state index contributed by atoms with van der Waals surface area (Å²) >= 11 is 6.31. The molecule has 0 amide bonds. The fourth-order valence-corrected chi connectivity index (χ4v) is 2.98. The second kappa shape index (κ2) is 4.60. The van der Waals surface area contributed by atoms with E-state index < -0.39 is 0 Å². The molecule has 1 atom stereocenters. The van der Waals surface area contributed by atoms with Crippen molar-refractivity contribution >= 4 is 11.6 Å². The molecule has 1 aromatic rings. The van der Waals surface area contributed by atoms with E-state index in [9.17, 15) is 0 Å². The Bertz CT molecular complexity index is 399. The molecule has 1 aliphatic carbocycles. The Hall–Kier alpha value is -0.790. The number of hydrogen-bond donors (Lipinski definition) is 1. The van der Waals surface area contributed by atoms with Crippen LogP contribution in [0.3, 0.4) is 0 Å². The van der Waals surface area contributed by atoms with Gasteiger partial charge in [-0.3, -0.25) is 0 Å². The molecule has 0 radical (unpaired) electrons. The lowest BCUT2D eigenvalue weighted by atomic mass is 9.73. The molecule has 1 saturated carbocycles. The summed E-state index contributed by atoms with van der Waals surface area (Å²) in [6.45, 7) is 4.23. The molecule has 1 N–H and O–H groups in total. The zero-order valence-electron chi connectivity index (χ0n) is 9.72. The second-order valence-corrected chi connectivity index (χ2v) is 4.85. The van der Waals surface area contributed by atoms with E-state index in [2.05, 4.69) is 18.0 Å². The van der Waals surface area contributed by atoms with Crippen LogP contribution < -0.4 is 5.32 Å². The van der Waals surface area contributed by atoms with Crippen LogP contribution in [0.4, 0.5) is 0 Å². The largest absolute Gasteiger partial charge is 0.307 e. The first-order valence-electron chi connectivity index (χ1n) is 5.83. The highest BCUT2D eigenvalue weighted by Crippen LogP contribution is 2.42. The van der Waals surface area contributed by atoms with Crippen LogP contribution in [-0.2, 0) is 5.54 Å². The molecular formula is C14H18ClN. The van der Waals surface area contributed by atoms with Crippen molar-refractivity contribution in [2.45, 2.75) is 31.2 Å². The lowest BCUT2D eigenvalue weighted by Gasteiger charge is -2.40. The van der Waals surface area contributed by atoms with E-state index in [4.69, 9.17) is 11.6 Å². The van der Waals surface area contributed by atoms with Crippen molar-refractivity contribution in [1.29, 1.82) is 0 Å². The highest BCUT2D eigenvalue weighted by Gasteiger charge is 2.36. The van der Waals surface area contributed by atoms with E-state index in [1.54, 1.807) is 0 Å². The van der Waals surface area contributed by atoms with E-state index in [-0.39, 0.29) is 5.54 Å². The van der Waals surface area contributed by atoms with E-state index in [0.29, 0.717) is 0 Å². The third-order valence-electron chi connectivity index (χ3n) is 3.64. The molecule has 0 aromatic heterocycles. The molecule has 1 aliphatic rings. The number of likely N-dealkylation sites (N-methyl/N-ethyl adjacent to an activating group) is 1. The van der Waals surface area contributed by atoms with Crippen molar-refractivity contribution in [3.8, 4) is 0 Å². The fourth-order valence-electron chi connectivity index (χ4n) is 2.69. The summed E-state index contributed by atoms with van der Waals surface area (Å²) in [5.74, 6) is 0. The Morgan fingerprint density at radius 3 is 2.69 bits per heavy atom. The van der Waals surface area contributed by atoms with Crippen LogP contribution in [0.5, 0.6) is 0 Å². The van der Waals surface area contributed by atoms with Crippen LogP contribution in [-0.4, -0.2) is 7.05 Å². The molecule has 0 spiro atoms. The van der Waals surface area contributed by atoms with Gasteiger partial charge in [-0.15, -0.1) is 0 Å². The fraction of sp³-hybridized carbons (Fsp3) is 0.429. The molecular weight excluding hydrogens is 218 g/mol. The summed E-state index contributed by atoms with van der Waals surface area (Å²) in [6.07, 6.45) is 4.65. The van der Waals surface area contributed by atoms with Gasteiger partial charge in [0, 0.05) is 5.02 Å². The zero-order valence-corrected chi connectivity index (χ0v) is 10.5. The average Bonchev–Trinajstić information content (AvgIpc) is 2.31. The van der Waals surface area contributed by atoms with E-state index >= 15 is 0 Å². The van der Waals surface area contributed by atoms with Crippen molar-refractivity contribution in [3.05, 3.63) is 47.0 Å². The Morgan fingerprint density at radius 2 is 2.06 bits per heavy atom. The van der Waals surface area contributed by atoms with Gasteiger partial charge in [0.15, 0.2) is 0 Å². The van der Waals surface area contributed by atoms with Gasteiger partial charge < -0.3 is 5.32 Å². The number of rotatable bonds is 2. The number of nitrogens with one attached hydrogen (secondary N) is 1. The molecule has 2 rings (SSSR count). The Balaban J connectivity index is 2.48. The van der Waals surface area contributed by atoms with Crippen molar-refractivity contribution in [1.82, 2.24) is 5.32 Å². The summed E-state index contributed by atoms with van der Waals surface area (Å²) in [6, 6.07) is 8.08. The summed E-state index contributed by atoms with van der Waals surface area (Å²) in [7, 11) is 2.00. The predicted molar refractivity (Wildman–Crippen MR) is 69.8 cm³/mol. The lowest BCUT2D eigenvalue weighted by molar-refractivity contribution is 0.335. The minimum atomic E-state index is -0.114. The van der Waals surface area contributed by atoms with E-state index in [0.717, 1.165) is 17.9 Å². The Labute approximate surface area is 103 Å². The topological polar surface area (TPSA) is 12.0 Å². The van der Waals surface area contributed by atoms with Crippen molar-refractivity contribution < 1.29 is 0 Å². The Morgan fingerprint density at radius 1 is 1.31 bits per heavy atom. The molecule has 1 unspecified atom stereocenters. The molecule has 1 fully saturated rings. The molecule has 86 valence electrons. The summed E-state index contributed by atoms with van der Waals surface area (Å²) in [5.41, 5.74) is 2.31. The summed E-state index contributed by atoms with van der Waals surface area (Å²) < 4.78 is 0. The van der Waals surface area contributed by atoms with Gasteiger partial charge >= 0.3 is 0 Å². The van der Waals surface area contributed by atoms with Crippen molar-refractivity contribution in [3.63, 3.8) is 0 Å². The second-order valence-electron chi connectivity index (χ2n) is 4.45. The molecule has 0 heterocycles. The van der Waals surface area contributed by atoms with Crippen molar-refractivity contribution in [2.75, 3.05) is 7.05 Å². The van der Waals surface area contributed by atoms with Crippen LogP contribution in [0.15, 0.2) is 36.4 Å². The van der Waals surface area contributed by atoms with Crippen LogP contribution in [0.2, 0.25) is 5.02 Å². The number of halogens is 1. The highest BCUT2D eigenvalue weighted by molar-refractivity contribution is 6.31. The van der Waals surface area contributed by atoms with Gasteiger partial charge in [0.25, 0.3) is 0 Å². The van der Waals surface area contributed by atoms with E-state index in [1.165, 1.54) is 24.0 Å². The summed E-state index contributed by atoms with van der Waals surface area (Å²) in [4.78, 5) is 0. The zero-order chi connectivity index (χ0) is 11.6. The Kier molecular flexibility index (Phi) is 3.36. The smallest absolute Gasteiger partial charge is 0.0659 e. The van der Waals surface area contributed by atoms with Gasteiger partial charge in [0.2, 0.25) is 0 Å². The molecule has 1 aromatic carbocycles. The standard InChI is InChI=1S/C14H18ClN/c1-11-7-5-6-10-14(11,16-2)12-8-3-4-9-13(12)15/h3-4,8-9,16H,1,5-7,10H2,2H3. The van der Waals surface area contributed by atoms with Gasteiger partial charge in [0.1, 0.15) is 0 Å². The molecule has 1 nitrogen and oxygen atoms in total. The third-order valence-corrected chi connectivity index (χ3v) is 3.97. The monoisotopic (exact) mass is 235 g/mol. The number of benzene rings is 1. The minimum Gasteiger partial charge on any atom is -0.307 e. The van der Waals surface area contributed by atoms with Crippen LogP contribution >= 0.6 is 11.6 Å². The first-order chi connectivity index (χ1) is 7.70. The van der Waals surface area contributed by atoms with Crippen molar-refractivity contribution in [2.24, 2.45) is 0 Å².